The number of amidine groups is 1. The molecule has 1 saturated heterocycles. The summed E-state index contributed by atoms with van der Waals surface area (Å²) in [6, 6.07) is 0. The van der Waals surface area contributed by atoms with Crippen molar-refractivity contribution in [2.45, 2.75) is 69.5 Å². The number of rotatable bonds is 2. The molecule has 1 heterocycles. The molecular weight excluding hydrogens is 349 g/mol. The monoisotopic (exact) mass is 372 g/mol. The van der Waals surface area contributed by atoms with E-state index in [1.165, 1.54) is 7.05 Å². The van der Waals surface area contributed by atoms with Gasteiger partial charge in [-0.25, -0.2) is 4.79 Å². The average molecular weight is 372 g/mol. The van der Waals surface area contributed by atoms with Gasteiger partial charge in [0, 0.05) is 19.9 Å². The summed E-state index contributed by atoms with van der Waals surface area (Å²) in [5.41, 5.74) is -1.57. The first-order valence-corrected chi connectivity index (χ1v) is 8.27. The molecule has 0 aromatic heterocycles. The third kappa shape index (κ3) is 7.71. The van der Waals surface area contributed by atoms with Crippen LogP contribution in [0, 0.1) is 5.41 Å². The molecule has 0 saturated carbocycles. The Morgan fingerprint density at radius 2 is 1.96 bits per heavy atom. The molecule has 140 valence electrons. The lowest BCUT2D eigenvalue weighted by atomic mass is 10.0. The van der Waals surface area contributed by atoms with E-state index in [-0.39, 0.29) is 18.0 Å². The molecule has 0 aromatic rings. The fraction of sp³-hybridized carbons (Fsp3) is 0.857. The van der Waals surface area contributed by atoms with Crippen molar-refractivity contribution in [2.24, 2.45) is 0 Å². The number of nitrogens with one attached hydrogen (secondary N) is 1. The number of halogens is 3. The van der Waals surface area contributed by atoms with E-state index in [0.717, 1.165) is 16.7 Å². The van der Waals surface area contributed by atoms with Crippen LogP contribution < -0.4 is 0 Å². The molecule has 2 N–H and O–H groups in total. The van der Waals surface area contributed by atoms with Crippen LogP contribution in [0.15, 0.2) is 0 Å². The van der Waals surface area contributed by atoms with E-state index in [1.54, 1.807) is 20.8 Å². The van der Waals surface area contributed by atoms with Gasteiger partial charge in [0.25, 0.3) is 0 Å². The standard InChI is InChI=1S/C14H23F3N2O4S/c1-13(2,3)23-12(21)19(4)11(18)24-10-6-8(20)5-9(22-10)7-14(15,16)17/h8-10,18,20H,5-7H2,1-4H3/t8-,9?,10+/m0/s1. The minimum Gasteiger partial charge on any atom is -0.443 e. The lowest BCUT2D eigenvalue weighted by Crippen LogP contribution is -2.40. The molecule has 1 aliphatic rings. The van der Waals surface area contributed by atoms with E-state index in [2.05, 4.69) is 0 Å². The third-order valence-corrected chi connectivity index (χ3v) is 4.08. The highest BCUT2D eigenvalue weighted by Gasteiger charge is 2.38. The Balaban J connectivity index is 2.60. The van der Waals surface area contributed by atoms with E-state index in [0.29, 0.717) is 0 Å². The highest BCUT2D eigenvalue weighted by molar-refractivity contribution is 8.14. The minimum atomic E-state index is -4.39. The van der Waals surface area contributed by atoms with Crippen molar-refractivity contribution in [3.05, 3.63) is 0 Å². The van der Waals surface area contributed by atoms with Crippen LogP contribution in [-0.2, 0) is 9.47 Å². The number of hydrogen-bond donors (Lipinski definition) is 2. The predicted molar refractivity (Wildman–Crippen MR) is 83.9 cm³/mol. The van der Waals surface area contributed by atoms with E-state index >= 15 is 0 Å². The number of aliphatic hydroxyl groups excluding tert-OH is 1. The van der Waals surface area contributed by atoms with Crippen molar-refractivity contribution in [2.75, 3.05) is 7.05 Å². The summed E-state index contributed by atoms with van der Waals surface area (Å²) >= 11 is 0.775. The summed E-state index contributed by atoms with van der Waals surface area (Å²) in [6.07, 6.45) is -8.42. The van der Waals surface area contributed by atoms with E-state index in [1.807, 2.05) is 0 Å². The smallest absolute Gasteiger partial charge is 0.416 e. The number of ether oxygens (including phenoxy) is 2. The molecule has 0 radical (unpaired) electrons. The third-order valence-electron chi connectivity index (χ3n) is 3.02. The number of amides is 1. The molecule has 1 amide bonds. The molecule has 0 bridgehead atoms. The maximum absolute atomic E-state index is 12.5. The molecule has 10 heteroatoms. The fourth-order valence-electron chi connectivity index (χ4n) is 2.03. The predicted octanol–water partition coefficient (Wildman–Crippen LogP) is 3.34. The van der Waals surface area contributed by atoms with Gasteiger partial charge in [-0.1, -0.05) is 11.8 Å². The Kier molecular flexibility index (Phi) is 6.94. The zero-order valence-corrected chi connectivity index (χ0v) is 14.8. The Morgan fingerprint density at radius 1 is 1.38 bits per heavy atom. The van der Waals surface area contributed by atoms with Gasteiger partial charge in [-0.2, -0.15) is 13.2 Å². The largest absolute Gasteiger partial charge is 0.443 e. The maximum Gasteiger partial charge on any atom is 0.416 e. The van der Waals surface area contributed by atoms with Crippen molar-refractivity contribution < 1.29 is 32.5 Å². The normalized spacial score (nSPS) is 25.2. The van der Waals surface area contributed by atoms with Gasteiger partial charge in [-0.3, -0.25) is 10.3 Å². The first-order valence-electron chi connectivity index (χ1n) is 7.39. The maximum atomic E-state index is 12.5. The lowest BCUT2D eigenvalue weighted by Gasteiger charge is -2.34. The van der Waals surface area contributed by atoms with Gasteiger partial charge in [0.1, 0.15) is 11.0 Å². The van der Waals surface area contributed by atoms with Gasteiger partial charge in [-0.15, -0.1) is 0 Å². The fourth-order valence-corrected chi connectivity index (χ4v) is 3.04. The van der Waals surface area contributed by atoms with Crippen molar-refractivity contribution in [1.29, 1.82) is 5.41 Å². The summed E-state index contributed by atoms with van der Waals surface area (Å²) in [6.45, 7) is 5.04. The van der Waals surface area contributed by atoms with Gasteiger partial charge in [0.05, 0.1) is 18.6 Å². The van der Waals surface area contributed by atoms with Crippen LogP contribution in [0.5, 0.6) is 0 Å². The molecule has 1 rings (SSSR count). The number of alkyl halides is 3. The molecule has 0 spiro atoms. The zero-order valence-electron chi connectivity index (χ0n) is 14.0. The number of aliphatic hydroxyl groups is 1. The first kappa shape index (κ1) is 21.0. The van der Waals surface area contributed by atoms with Crippen molar-refractivity contribution in [3.63, 3.8) is 0 Å². The second kappa shape index (κ2) is 7.92. The summed E-state index contributed by atoms with van der Waals surface area (Å²) in [5, 5.41) is 17.4. The summed E-state index contributed by atoms with van der Waals surface area (Å²) in [4.78, 5) is 12.8. The van der Waals surface area contributed by atoms with Crippen molar-refractivity contribution >= 4 is 23.0 Å². The van der Waals surface area contributed by atoms with Crippen molar-refractivity contribution in [1.82, 2.24) is 4.90 Å². The van der Waals surface area contributed by atoms with Crippen LogP contribution in [0.3, 0.4) is 0 Å². The second-order valence-corrected chi connectivity index (χ2v) is 7.74. The van der Waals surface area contributed by atoms with E-state index in [4.69, 9.17) is 14.9 Å². The quantitative estimate of drug-likeness (QED) is 0.574. The van der Waals surface area contributed by atoms with Gasteiger partial charge in [0.2, 0.25) is 0 Å². The lowest BCUT2D eigenvalue weighted by molar-refractivity contribution is -0.175. The molecular formula is C14H23F3N2O4S. The van der Waals surface area contributed by atoms with Crippen LogP contribution in [0.25, 0.3) is 0 Å². The average Bonchev–Trinajstić information content (AvgIpc) is 2.32. The molecule has 3 atom stereocenters. The first-order chi connectivity index (χ1) is 10.8. The number of thioether (sulfide) groups is 1. The minimum absolute atomic E-state index is 0.0869. The van der Waals surface area contributed by atoms with E-state index < -0.39 is 41.9 Å². The Labute approximate surface area is 143 Å². The van der Waals surface area contributed by atoms with Gasteiger partial charge >= 0.3 is 12.3 Å². The number of carbonyl (C=O) groups excluding carboxylic acids is 1. The Hall–Kier alpha value is -1.00. The molecule has 0 aromatic carbocycles. The number of carbonyl (C=O) groups is 1. The summed E-state index contributed by atoms with van der Waals surface area (Å²) in [7, 11) is 1.33. The van der Waals surface area contributed by atoms with Crippen LogP contribution in [0.2, 0.25) is 0 Å². The Bertz CT molecular complexity index is 468. The van der Waals surface area contributed by atoms with Gasteiger partial charge < -0.3 is 14.6 Å². The Morgan fingerprint density at radius 3 is 2.46 bits per heavy atom. The number of hydrogen-bond acceptors (Lipinski definition) is 6. The molecule has 1 unspecified atom stereocenters. The summed E-state index contributed by atoms with van der Waals surface area (Å²) in [5.74, 6) is 0. The van der Waals surface area contributed by atoms with Gasteiger partial charge in [0.15, 0.2) is 5.17 Å². The molecule has 6 nitrogen and oxygen atoms in total. The molecule has 0 aliphatic carbocycles. The summed E-state index contributed by atoms with van der Waals surface area (Å²) < 4.78 is 47.8. The SMILES string of the molecule is CN(C(=N)S[C@@H]1C[C@@H](O)CC(CC(F)(F)F)O1)C(=O)OC(C)(C)C. The number of nitrogens with zero attached hydrogens (tertiary/aromatic N) is 1. The topological polar surface area (TPSA) is 82.9 Å². The molecule has 1 aliphatic heterocycles. The molecule has 24 heavy (non-hydrogen) atoms. The molecule has 1 fully saturated rings. The zero-order chi connectivity index (χ0) is 18.7. The van der Waals surface area contributed by atoms with Crippen LogP contribution in [0.1, 0.15) is 40.0 Å². The highest BCUT2D eigenvalue weighted by atomic mass is 32.2. The van der Waals surface area contributed by atoms with Crippen LogP contribution in [0.4, 0.5) is 18.0 Å². The van der Waals surface area contributed by atoms with Crippen LogP contribution >= 0.6 is 11.8 Å². The second-order valence-electron chi connectivity index (χ2n) is 6.59. The van der Waals surface area contributed by atoms with E-state index in [9.17, 15) is 23.1 Å². The highest BCUT2D eigenvalue weighted by Crippen LogP contribution is 2.34. The van der Waals surface area contributed by atoms with Crippen molar-refractivity contribution in [3.8, 4) is 0 Å². The van der Waals surface area contributed by atoms with Crippen LogP contribution in [-0.4, -0.2) is 57.7 Å². The van der Waals surface area contributed by atoms with Gasteiger partial charge in [-0.05, 0) is 20.8 Å².